The average Bonchev–Trinajstić information content (AvgIpc) is 2.69. The van der Waals surface area contributed by atoms with Gasteiger partial charge in [0.1, 0.15) is 6.61 Å². The Kier molecular flexibility index (Phi) is 9.80. The molecular weight excluding hydrogens is 372 g/mol. The minimum atomic E-state index is -1.27. The molecule has 3 unspecified atom stereocenters. The third-order valence-electron chi connectivity index (χ3n) is 5.44. The predicted molar refractivity (Wildman–Crippen MR) is 112 cm³/mol. The monoisotopic (exact) mass is 408 g/mol. The molecule has 0 spiro atoms. The van der Waals surface area contributed by atoms with Crippen LogP contribution in [0.15, 0.2) is 35.5 Å². The van der Waals surface area contributed by atoms with E-state index in [0.717, 1.165) is 24.0 Å². The fraction of sp³-hybridized carbons (Fsp3) is 0.652. The summed E-state index contributed by atoms with van der Waals surface area (Å²) >= 11 is 0. The quantitative estimate of drug-likeness (QED) is 0.495. The lowest BCUT2D eigenvalue weighted by molar-refractivity contribution is -0.145. The molecule has 0 heterocycles. The lowest BCUT2D eigenvalue weighted by Gasteiger charge is -2.30. The molecule has 29 heavy (non-hydrogen) atoms. The number of esters is 2. The van der Waals surface area contributed by atoms with Gasteiger partial charge >= 0.3 is 11.9 Å². The van der Waals surface area contributed by atoms with Gasteiger partial charge in [0, 0.05) is 12.8 Å². The van der Waals surface area contributed by atoms with E-state index < -0.39 is 23.6 Å². The van der Waals surface area contributed by atoms with Crippen molar-refractivity contribution in [2.75, 3.05) is 13.7 Å². The zero-order valence-electron chi connectivity index (χ0n) is 18.4. The van der Waals surface area contributed by atoms with Gasteiger partial charge in [-0.1, -0.05) is 29.9 Å². The van der Waals surface area contributed by atoms with Crippen LogP contribution >= 0.6 is 0 Å². The second kappa shape index (κ2) is 11.3. The molecule has 0 aliphatic heterocycles. The molecule has 0 aromatic carbocycles. The van der Waals surface area contributed by atoms with E-state index in [1.165, 1.54) is 33.5 Å². The summed E-state index contributed by atoms with van der Waals surface area (Å²) in [6.07, 6.45) is 6.04. The first-order valence-electron chi connectivity index (χ1n) is 10.1. The summed E-state index contributed by atoms with van der Waals surface area (Å²) in [7, 11) is 1.36. The Morgan fingerprint density at radius 2 is 2.03 bits per heavy atom. The van der Waals surface area contributed by atoms with Crippen LogP contribution < -0.4 is 0 Å². The number of carbonyl (C=O) groups excluding carboxylic acids is 2. The van der Waals surface area contributed by atoms with Gasteiger partial charge in [-0.2, -0.15) is 0 Å². The van der Waals surface area contributed by atoms with Gasteiger partial charge in [-0.05, 0) is 58.4 Å². The molecule has 0 saturated carbocycles. The van der Waals surface area contributed by atoms with Crippen LogP contribution in [0, 0.1) is 11.8 Å². The van der Waals surface area contributed by atoms with Crippen molar-refractivity contribution in [1.29, 1.82) is 0 Å². The number of methoxy groups -OCH3 is 1. The van der Waals surface area contributed by atoms with E-state index in [1.807, 2.05) is 0 Å². The van der Waals surface area contributed by atoms with E-state index >= 15 is 0 Å². The zero-order valence-corrected chi connectivity index (χ0v) is 18.4. The second-order valence-corrected chi connectivity index (χ2v) is 8.36. The molecule has 0 bridgehead atoms. The first-order valence-corrected chi connectivity index (χ1v) is 10.1. The highest BCUT2D eigenvalue weighted by atomic mass is 16.5. The molecule has 1 aliphatic carbocycles. The Balaban J connectivity index is 3.33. The number of carbonyl (C=O) groups is 2. The fourth-order valence-corrected chi connectivity index (χ4v) is 3.51. The van der Waals surface area contributed by atoms with Gasteiger partial charge in [-0.25, -0.2) is 0 Å². The van der Waals surface area contributed by atoms with Crippen LogP contribution in [0.3, 0.4) is 0 Å². The maximum Gasteiger partial charge on any atom is 0.313 e. The molecule has 0 saturated heterocycles. The number of rotatable bonds is 7. The van der Waals surface area contributed by atoms with Crippen LogP contribution in [0.5, 0.6) is 0 Å². The fourth-order valence-electron chi connectivity index (χ4n) is 3.51. The highest BCUT2D eigenvalue weighted by Crippen LogP contribution is 2.36. The van der Waals surface area contributed by atoms with Crippen molar-refractivity contribution in [2.24, 2.45) is 11.8 Å². The molecule has 0 fully saturated rings. The number of aliphatic hydroxyl groups is 2. The van der Waals surface area contributed by atoms with Crippen LogP contribution in [0.2, 0.25) is 0 Å². The van der Waals surface area contributed by atoms with Crippen molar-refractivity contribution in [1.82, 2.24) is 0 Å². The molecular formula is C23H36O6. The Hall–Kier alpha value is -1.92. The molecule has 0 radical (unpaired) electrons. The standard InChI is InChI=1S/C23H36O6/c1-15-8-7-9-16(2)21(22(26)28-6)19(12-10-15)18(14-29-17(3)24)11-13-20(25)23(4,5)27/h8,11,19-21,25,27H,2,7,9-10,12-14H2,1,3-6H3. The second-order valence-electron chi connectivity index (χ2n) is 8.36. The minimum absolute atomic E-state index is 0.0160. The van der Waals surface area contributed by atoms with Crippen molar-refractivity contribution in [3.8, 4) is 0 Å². The normalized spacial score (nSPS) is 22.7. The van der Waals surface area contributed by atoms with Gasteiger partial charge in [0.2, 0.25) is 0 Å². The molecule has 1 rings (SSSR count). The topological polar surface area (TPSA) is 93.1 Å². The number of hydrogen-bond acceptors (Lipinski definition) is 6. The van der Waals surface area contributed by atoms with Crippen LogP contribution in [0.25, 0.3) is 0 Å². The van der Waals surface area contributed by atoms with Gasteiger partial charge < -0.3 is 19.7 Å². The maximum absolute atomic E-state index is 12.7. The summed E-state index contributed by atoms with van der Waals surface area (Å²) in [6, 6.07) is 0. The van der Waals surface area contributed by atoms with Gasteiger partial charge in [-0.3, -0.25) is 9.59 Å². The SMILES string of the molecule is C=C1CCC=C(C)CCC(C(=CCC(O)C(C)(C)O)COC(C)=O)C1C(=O)OC. The molecule has 3 atom stereocenters. The molecule has 164 valence electrons. The number of hydrogen-bond donors (Lipinski definition) is 2. The first-order chi connectivity index (χ1) is 13.5. The summed E-state index contributed by atoms with van der Waals surface area (Å²) in [4.78, 5) is 24.1. The van der Waals surface area contributed by atoms with Gasteiger partial charge in [-0.15, -0.1) is 0 Å². The highest BCUT2D eigenvalue weighted by Gasteiger charge is 2.35. The molecule has 1 aliphatic rings. The molecule has 0 aromatic heterocycles. The minimum Gasteiger partial charge on any atom is -0.469 e. The zero-order chi connectivity index (χ0) is 22.2. The molecule has 6 heteroatoms. The Morgan fingerprint density at radius 3 is 2.59 bits per heavy atom. The molecule has 6 nitrogen and oxygen atoms in total. The third kappa shape index (κ3) is 8.15. The highest BCUT2D eigenvalue weighted by molar-refractivity contribution is 5.76. The van der Waals surface area contributed by atoms with Crippen molar-refractivity contribution >= 4 is 11.9 Å². The van der Waals surface area contributed by atoms with Crippen LogP contribution in [-0.4, -0.2) is 47.6 Å². The van der Waals surface area contributed by atoms with Crippen molar-refractivity contribution < 1.29 is 29.3 Å². The summed E-state index contributed by atoms with van der Waals surface area (Å²) in [6.45, 7) is 10.6. The molecule has 0 amide bonds. The largest absolute Gasteiger partial charge is 0.469 e. The Bertz CT molecular complexity index is 653. The van der Waals surface area contributed by atoms with Gasteiger partial charge in [0.05, 0.1) is 24.7 Å². The van der Waals surface area contributed by atoms with Crippen LogP contribution in [-0.2, 0) is 19.1 Å². The Morgan fingerprint density at radius 1 is 1.38 bits per heavy atom. The third-order valence-corrected chi connectivity index (χ3v) is 5.44. The van der Waals surface area contributed by atoms with E-state index in [-0.39, 0.29) is 24.9 Å². The first kappa shape index (κ1) is 25.1. The number of allylic oxidation sites excluding steroid dienone is 2. The van der Waals surface area contributed by atoms with Crippen molar-refractivity contribution in [2.45, 2.75) is 71.5 Å². The average molecular weight is 409 g/mol. The Labute approximate surface area is 174 Å². The summed E-state index contributed by atoms with van der Waals surface area (Å²) in [5, 5.41) is 20.3. The summed E-state index contributed by atoms with van der Waals surface area (Å²) < 4.78 is 10.3. The van der Waals surface area contributed by atoms with Crippen LogP contribution in [0.4, 0.5) is 0 Å². The van der Waals surface area contributed by atoms with Crippen LogP contribution in [0.1, 0.15) is 59.8 Å². The predicted octanol–water partition coefficient (Wildman–Crippen LogP) is 3.48. The van der Waals surface area contributed by atoms with Crippen molar-refractivity contribution in [3.63, 3.8) is 0 Å². The van der Waals surface area contributed by atoms with E-state index in [1.54, 1.807) is 6.08 Å². The number of aliphatic hydroxyl groups excluding tert-OH is 1. The molecule has 0 aromatic rings. The number of ether oxygens (including phenoxy) is 2. The van der Waals surface area contributed by atoms with E-state index in [9.17, 15) is 19.8 Å². The summed E-state index contributed by atoms with van der Waals surface area (Å²) in [5.74, 6) is -1.62. The van der Waals surface area contributed by atoms with Gasteiger partial charge in [0.15, 0.2) is 0 Å². The van der Waals surface area contributed by atoms with E-state index in [2.05, 4.69) is 19.6 Å². The summed E-state index contributed by atoms with van der Waals surface area (Å²) in [5.41, 5.74) is 1.47. The van der Waals surface area contributed by atoms with E-state index in [0.29, 0.717) is 12.8 Å². The molecule has 2 N–H and O–H groups in total. The lowest BCUT2D eigenvalue weighted by Crippen LogP contribution is -2.35. The van der Waals surface area contributed by atoms with E-state index in [4.69, 9.17) is 9.47 Å². The van der Waals surface area contributed by atoms with Gasteiger partial charge in [0.25, 0.3) is 0 Å². The lowest BCUT2D eigenvalue weighted by atomic mass is 9.77. The smallest absolute Gasteiger partial charge is 0.313 e. The maximum atomic E-state index is 12.7. The van der Waals surface area contributed by atoms with Crippen molar-refractivity contribution in [3.05, 3.63) is 35.5 Å².